The van der Waals surface area contributed by atoms with Gasteiger partial charge in [0.05, 0.1) is 11.8 Å². The van der Waals surface area contributed by atoms with Crippen LogP contribution in [-0.2, 0) is 0 Å². The maximum Gasteiger partial charge on any atom is 0.339 e. The molecule has 6 atom stereocenters. The number of aliphatic hydroxyl groups is 1. The van der Waals surface area contributed by atoms with E-state index in [0.717, 1.165) is 61.4 Å². The highest BCUT2D eigenvalue weighted by Crippen LogP contribution is 2.65. The van der Waals surface area contributed by atoms with E-state index in [4.69, 9.17) is 9.47 Å². The van der Waals surface area contributed by atoms with Crippen LogP contribution >= 0.6 is 0 Å². The lowest BCUT2D eigenvalue weighted by Crippen LogP contribution is -2.45. The summed E-state index contributed by atoms with van der Waals surface area (Å²) >= 11 is 0. The molecule has 1 unspecified atom stereocenters. The molecule has 4 aliphatic carbocycles. The predicted octanol–water partition coefficient (Wildman–Crippen LogP) is 6.53. The Morgan fingerprint density at radius 1 is 1.10 bits per heavy atom. The van der Waals surface area contributed by atoms with Crippen molar-refractivity contribution in [1.29, 1.82) is 0 Å². The van der Waals surface area contributed by atoms with Crippen LogP contribution < -0.4 is 20.2 Å². The highest BCUT2D eigenvalue weighted by atomic mass is 16.7. The van der Waals surface area contributed by atoms with Crippen LogP contribution in [0.2, 0.25) is 0 Å². The second kappa shape index (κ2) is 10.7. The fourth-order valence-corrected chi connectivity index (χ4v) is 8.34. The zero-order chi connectivity index (χ0) is 28.8. The number of rotatable bonds is 3. The van der Waals surface area contributed by atoms with Gasteiger partial charge in [-0.1, -0.05) is 42.7 Å². The minimum absolute atomic E-state index is 0.0156. The summed E-state index contributed by atoms with van der Waals surface area (Å²) in [6.07, 6.45) is 7.25. The minimum atomic E-state index is -0.437. The lowest BCUT2D eigenvalue weighted by Gasteiger charge is -2.52. The number of carbonyl (C=O) groups is 1. The number of carbonyl (C=O) groups excluding carboxylic acids is 1. The van der Waals surface area contributed by atoms with Gasteiger partial charge in [-0.3, -0.25) is 0 Å². The van der Waals surface area contributed by atoms with Crippen molar-refractivity contribution >= 4 is 17.4 Å². The highest BCUT2D eigenvalue weighted by Gasteiger charge is 2.59. The van der Waals surface area contributed by atoms with Crippen molar-refractivity contribution in [1.82, 2.24) is 5.43 Å². The molecule has 1 aliphatic heterocycles. The Hall–Kier alpha value is -4.02. The zero-order valence-corrected chi connectivity index (χ0v) is 24.2. The molecular formula is C35H37N3O4. The van der Waals surface area contributed by atoms with Crippen molar-refractivity contribution in [3.8, 4) is 23.3 Å². The van der Waals surface area contributed by atoms with Gasteiger partial charge in [-0.25, -0.2) is 10.2 Å². The number of para-hydroxylation sites is 1. The average molecular weight is 564 g/mol. The third kappa shape index (κ3) is 4.59. The lowest BCUT2D eigenvalue weighted by molar-refractivity contribution is -0.0102. The quantitative estimate of drug-likeness (QED) is 0.292. The number of amides is 2. The standard InChI is InChI=1S/C35H37N3O4/c1-3-7-23-17-29-27-13-10-21-16-25(37-38-34(40)36-24-8-5-4-6-9-24)12-14-26(21)32(27)28(19-35(29,2)33(23)39)22-11-15-30-31(18-22)42-20-41-30/h4-6,8-9,11,15-16,18,23,27-29,33,39H,10,12-14,17,19-20H2,1-2H3,(H2,36,38,40)/b37-25+/t23?,27-,28+,29-,33-,35-/m0/s1. The Labute approximate surface area is 247 Å². The van der Waals surface area contributed by atoms with E-state index in [2.05, 4.69) is 52.8 Å². The number of aliphatic hydroxyl groups excluding tert-OH is 1. The van der Waals surface area contributed by atoms with Gasteiger partial charge in [0.15, 0.2) is 11.5 Å². The largest absolute Gasteiger partial charge is 0.454 e. The van der Waals surface area contributed by atoms with Crippen LogP contribution in [0.25, 0.3) is 0 Å². The molecule has 2 saturated carbocycles. The maximum absolute atomic E-state index is 12.4. The molecule has 2 fully saturated rings. The number of nitrogens with one attached hydrogen (secondary N) is 2. The predicted molar refractivity (Wildman–Crippen MR) is 162 cm³/mol. The molecule has 5 aliphatic rings. The van der Waals surface area contributed by atoms with Gasteiger partial charge >= 0.3 is 6.03 Å². The summed E-state index contributed by atoms with van der Waals surface area (Å²) in [5.41, 5.74) is 9.62. The van der Waals surface area contributed by atoms with Crippen LogP contribution in [0.3, 0.4) is 0 Å². The molecule has 216 valence electrons. The first kappa shape index (κ1) is 26.9. The summed E-state index contributed by atoms with van der Waals surface area (Å²) in [6, 6.07) is 15.4. The van der Waals surface area contributed by atoms with Crippen molar-refractivity contribution in [3.05, 3.63) is 76.9 Å². The van der Waals surface area contributed by atoms with Crippen molar-refractivity contribution in [2.24, 2.45) is 28.3 Å². The van der Waals surface area contributed by atoms with E-state index in [1.165, 1.54) is 22.3 Å². The Kier molecular flexibility index (Phi) is 6.82. The van der Waals surface area contributed by atoms with E-state index < -0.39 is 6.10 Å². The Bertz CT molecular complexity index is 1570. The van der Waals surface area contributed by atoms with Crippen LogP contribution in [0, 0.1) is 35.0 Å². The number of hydrazone groups is 1. The van der Waals surface area contributed by atoms with Crippen LogP contribution in [0.1, 0.15) is 63.9 Å². The number of ether oxygens (including phenoxy) is 2. The van der Waals surface area contributed by atoms with Crippen molar-refractivity contribution in [3.63, 3.8) is 0 Å². The summed E-state index contributed by atoms with van der Waals surface area (Å²) in [4.78, 5) is 12.4. The third-order valence-corrected chi connectivity index (χ3v) is 10.2. The van der Waals surface area contributed by atoms with Gasteiger partial charge < -0.3 is 19.9 Å². The molecule has 0 saturated heterocycles. The summed E-state index contributed by atoms with van der Waals surface area (Å²) < 4.78 is 11.4. The van der Waals surface area contributed by atoms with Gasteiger partial charge in [0.1, 0.15) is 0 Å². The van der Waals surface area contributed by atoms with Gasteiger partial charge in [-0.15, -0.1) is 5.92 Å². The number of hydrogen-bond acceptors (Lipinski definition) is 5. The zero-order valence-electron chi connectivity index (χ0n) is 24.2. The lowest BCUT2D eigenvalue weighted by atomic mass is 9.53. The number of nitrogens with zero attached hydrogens (tertiary/aromatic N) is 1. The van der Waals surface area contributed by atoms with Gasteiger partial charge in [-0.2, -0.15) is 5.10 Å². The molecule has 2 aromatic rings. The molecule has 1 heterocycles. The fourth-order valence-electron chi connectivity index (χ4n) is 8.34. The Balaban J connectivity index is 1.23. The Morgan fingerprint density at radius 3 is 2.76 bits per heavy atom. The summed E-state index contributed by atoms with van der Waals surface area (Å²) in [5.74, 6) is 9.01. The molecular weight excluding hydrogens is 526 g/mol. The van der Waals surface area contributed by atoms with Crippen molar-refractivity contribution in [2.45, 2.75) is 64.4 Å². The smallest absolute Gasteiger partial charge is 0.339 e. The Morgan fingerprint density at radius 2 is 1.93 bits per heavy atom. The number of allylic oxidation sites excluding steroid dienone is 4. The molecule has 7 rings (SSSR count). The molecule has 7 heteroatoms. The van der Waals surface area contributed by atoms with E-state index in [0.29, 0.717) is 11.8 Å². The SMILES string of the molecule is CC#CC1C[C@H]2[C@@H]3CCC4=C/C(=N/NC(=O)Nc5ccccc5)CCC4=C3[C@@H](c3ccc4c(c3)OCO4)C[C@]2(C)[C@H]1O. The molecule has 2 amide bonds. The molecule has 3 N–H and O–H groups in total. The molecule has 2 aromatic carbocycles. The van der Waals surface area contributed by atoms with Crippen LogP contribution in [-0.4, -0.2) is 29.7 Å². The maximum atomic E-state index is 12.4. The van der Waals surface area contributed by atoms with E-state index in [-0.39, 0.29) is 30.1 Å². The second-order valence-corrected chi connectivity index (χ2v) is 12.4. The third-order valence-electron chi connectivity index (χ3n) is 10.2. The first-order chi connectivity index (χ1) is 20.4. The summed E-state index contributed by atoms with van der Waals surface area (Å²) in [7, 11) is 0. The number of urea groups is 1. The van der Waals surface area contributed by atoms with E-state index in [1.54, 1.807) is 0 Å². The average Bonchev–Trinajstić information content (AvgIpc) is 3.58. The van der Waals surface area contributed by atoms with Gasteiger partial charge in [0.2, 0.25) is 6.79 Å². The molecule has 0 bridgehead atoms. The molecule has 42 heavy (non-hydrogen) atoms. The normalized spacial score (nSPS) is 31.7. The second-order valence-electron chi connectivity index (χ2n) is 12.4. The van der Waals surface area contributed by atoms with Gasteiger partial charge in [0.25, 0.3) is 0 Å². The van der Waals surface area contributed by atoms with Crippen molar-refractivity contribution in [2.75, 3.05) is 12.1 Å². The highest BCUT2D eigenvalue weighted by molar-refractivity contribution is 5.99. The monoisotopic (exact) mass is 563 g/mol. The molecule has 0 radical (unpaired) electrons. The van der Waals surface area contributed by atoms with Gasteiger partial charge in [-0.05, 0) is 110 Å². The number of hydrogen-bond donors (Lipinski definition) is 3. The van der Waals surface area contributed by atoms with E-state index in [1.807, 2.05) is 43.3 Å². The number of anilines is 1. The van der Waals surface area contributed by atoms with Crippen LogP contribution in [0.15, 0.2) is 76.4 Å². The van der Waals surface area contributed by atoms with E-state index >= 15 is 0 Å². The summed E-state index contributed by atoms with van der Waals surface area (Å²) in [5, 5.41) is 18.9. The molecule has 0 spiro atoms. The molecule has 7 nitrogen and oxygen atoms in total. The first-order valence-electron chi connectivity index (χ1n) is 15.1. The number of benzene rings is 2. The van der Waals surface area contributed by atoms with Crippen LogP contribution in [0.5, 0.6) is 11.5 Å². The van der Waals surface area contributed by atoms with E-state index in [9.17, 15) is 9.90 Å². The van der Waals surface area contributed by atoms with Gasteiger partial charge in [0, 0.05) is 17.5 Å². The molecule has 0 aromatic heterocycles. The fraction of sp³-hybridized carbons (Fsp3) is 0.429. The summed E-state index contributed by atoms with van der Waals surface area (Å²) in [6.45, 7) is 4.42. The number of fused-ring (bicyclic) bond motifs is 5. The van der Waals surface area contributed by atoms with Crippen molar-refractivity contribution < 1.29 is 19.4 Å². The first-order valence-corrected chi connectivity index (χ1v) is 15.1. The van der Waals surface area contributed by atoms with Crippen LogP contribution in [0.4, 0.5) is 10.5 Å². The topological polar surface area (TPSA) is 92.2 Å². The minimum Gasteiger partial charge on any atom is -0.454 e.